The van der Waals surface area contributed by atoms with E-state index in [9.17, 15) is 4.79 Å². The van der Waals surface area contributed by atoms with Crippen molar-refractivity contribution in [2.75, 3.05) is 18.4 Å². The highest BCUT2D eigenvalue weighted by Crippen LogP contribution is 2.28. The summed E-state index contributed by atoms with van der Waals surface area (Å²) in [6.07, 6.45) is 0. The Morgan fingerprint density at radius 3 is 2.88 bits per heavy atom. The van der Waals surface area contributed by atoms with E-state index in [1.165, 1.54) is 11.3 Å². The summed E-state index contributed by atoms with van der Waals surface area (Å²) in [5.74, 6) is 0.206. The number of ketones is 1. The Morgan fingerprint density at radius 2 is 2.25 bits per heavy atom. The number of nitrogens with zero attached hydrogens (tertiary/aromatic N) is 2. The molecule has 0 amide bonds. The topological polar surface area (TPSA) is 45.2 Å². The molecule has 0 saturated carbocycles. The summed E-state index contributed by atoms with van der Waals surface area (Å²) in [6, 6.07) is 0.352. The minimum atomic E-state index is 0.206. The summed E-state index contributed by atoms with van der Waals surface area (Å²) in [4.78, 5) is 19.3. The van der Waals surface area contributed by atoms with Gasteiger partial charge in [-0.3, -0.25) is 9.69 Å². The Bertz CT molecular complexity index is 400. The number of nitrogens with one attached hydrogen (secondary N) is 1. The van der Waals surface area contributed by atoms with Gasteiger partial charge in [-0.05, 0) is 20.4 Å². The normalized spacial score (nSPS) is 16.6. The van der Waals surface area contributed by atoms with Crippen LogP contribution in [0.2, 0.25) is 0 Å². The fraction of sp³-hybridized carbons (Fsp3) is 0.636. The van der Waals surface area contributed by atoms with E-state index in [0.29, 0.717) is 12.6 Å². The first kappa shape index (κ1) is 11.5. The minimum absolute atomic E-state index is 0.206. The average molecular weight is 239 g/mol. The van der Waals surface area contributed by atoms with Gasteiger partial charge in [-0.15, -0.1) is 0 Å². The van der Waals surface area contributed by atoms with Crippen molar-refractivity contribution < 1.29 is 4.79 Å². The number of aromatic nitrogens is 1. The molecule has 0 aromatic carbocycles. The molecule has 0 spiro atoms. The second-order valence-corrected chi connectivity index (χ2v) is 5.32. The molecule has 0 unspecified atom stereocenters. The zero-order valence-electron chi connectivity index (χ0n) is 9.91. The molecule has 0 aliphatic carbocycles. The van der Waals surface area contributed by atoms with Gasteiger partial charge in [0.15, 0.2) is 10.9 Å². The van der Waals surface area contributed by atoms with Crippen molar-refractivity contribution in [1.82, 2.24) is 9.88 Å². The van der Waals surface area contributed by atoms with E-state index < -0.39 is 0 Å². The lowest BCUT2D eigenvalue weighted by Gasteiger charge is -2.22. The highest BCUT2D eigenvalue weighted by Gasteiger charge is 2.26. The van der Waals surface area contributed by atoms with Crippen molar-refractivity contribution in [2.24, 2.45) is 0 Å². The quantitative estimate of drug-likeness (QED) is 0.876. The van der Waals surface area contributed by atoms with Crippen LogP contribution in [0, 0.1) is 0 Å². The standard InChI is InChI=1S/C11H17N3OS/c1-4-14-5-8-10(9(15)6-14)16-11(13-8)12-7(2)3/h7H,4-6H2,1-3H3,(H,12,13). The first-order chi connectivity index (χ1) is 7.60. The molecule has 0 radical (unpaired) electrons. The number of hydrogen-bond donors (Lipinski definition) is 1. The van der Waals surface area contributed by atoms with E-state index >= 15 is 0 Å². The molecule has 1 aliphatic rings. The molecule has 1 aromatic rings. The van der Waals surface area contributed by atoms with Crippen LogP contribution in [0.15, 0.2) is 0 Å². The summed E-state index contributed by atoms with van der Waals surface area (Å²) in [5.41, 5.74) is 0.936. The molecule has 16 heavy (non-hydrogen) atoms. The van der Waals surface area contributed by atoms with E-state index in [-0.39, 0.29) is 5.78 Å². The molecule has 0 bridgehead atoms. The highest BCUT2D eigenvalue weighted by atomic mass is 32.1. The maximum Gasteiger partial charge on any atom is 0.188 e. The second-order valence-electron chi connectivity index (χ2n) is 4.32. The number of hydrogen-bond acceptors (Lipinski definition) is 5. The third-order valence-electron chi connectivity index (χ3n) is 2.55. The third-order valence-corrected chi connectivity index (χ3v) is 3.62. The van der Waals surface area contributed by atoms with Gasteiger partial charge in [0.25, 0.3) is 0 Å². The number of likely N-dealkylation sites (N-methyl/N-ethyl adjacent to an activating group) is 1. The second kappa shape index (κ2) is 4.51. The largest absolute Gasteiger partial charge is 0.359 e. The van der Waals surface area contributed by atoms with E-state index in [1.807, 2.05) is 0 Å². The first-order valence-electron chi connectivity index (χ1n) is 5.62. The molecule has 1 aliphatic heterocycles. The lowest BCUT2D eigenvalue weighted by Crippen LogP contribution is -2.34. The van der Waals surface area contributed by atoms with E-state index in [4.69, 9.17) is 0 Å². The number of Topliss-reactive ketones (excluding diaryl/α,β-unsaturated/α-hetero) is 1. The molecule has 2 heterocycles. The SMILES string of the molecule is CCN1CC(=O)c2sc(NC(C)C)nc2C1. The van der Waals surface area contributed by atoms with Gasteiger partial charge >= 0.3 is 0 Å². The molecule has 4 nitrogen and oxygen atoms in total. The molecule has 88 valence electrons. The number of carbonyl (C=O) groups is 1. The van der Waals surface area contributed by atoms with Crippen LogP contribution >= 0.6 is 11.3 Å². The lowest BCUT2D eigenvalue weighted by atomic mass is 10.2. The van der Waals surface area contributed by atoms with Crippen LogP contribution in [0.1, 0.15) is 36.1 Å². The van der Waals surface area contributed by atoms with Crippen molar-refractivity contribution in [2.45, 2.75) is 33.4 Å². The van der Waals surface area contributed by atoms with Gasteiger partial charge in [0.2, 0.25) is 0 Å². The Kier molecular flexibility index (Phi) is 3.25. The highest BCUT2D eigenvalue weighted by molar-refractivity contribution is 7.17. The third kappa shape index (κ3) is 2.25. The van der Waals surface area contributed by atoms with Crippen molar-refractivity contribution in [1.29, 1.82) is 0 Å². The van der Waals surface area contributed by atoms with Gasteiger partial charge in [-0.1, -0.05) is 18.3 Å². The molecule has 1 N–H and O–H groups in total. The summed E-state index contributed by atoms with van der Waals surface area (Å²) in [7, 11) is 0. The van der Waals surface area contributed by atoms with Gasteiger partial charge in [-0.2, -0.15) is 0 Å². The Hall–Kier alpha value is -0.940. The van der Waals surface area contributed by atoms with E-state index in [1.54, 1.807) is 0 Å². The molecule has 5 heteroatoms. The van der Waals surface area contributed by atoms with Crippen molar-refractivity contribution in [3.63, 3.8) is 0 Å². The van der Waals surface area contributed by atoms with Crippen molar-refractivity contribution in [3.05, 3.63) is 10.6 Å². The van der Waals surface area contributed by atoms with Gasteiger partial charge in [0, 0.05) is 12.6 Å². The fourth-order valence-corrected chi connectivity index (χ4v) is 2.80. The van der Waals surface area contributed by atoms with Crippen LogP contribution in [0.25, 0.3) is 0 Å². The average Bonchev–Trinajstić information content (AvgIpc) is 2.59. The van der Waals surface area contributed by atoms with Gasteiger partial charge < -0.3 is 5.32 Å². The molecular weight excluding hydrogens is 222 g/mol. The maximum absolute atomic E-state index is 11.9. The summed E-state index contributed by atoms with van der Waals surface area (Å²) >= 11 is 1.49. The molecule has 1 aromatic heterocycles. The smallest absolute Gasteiger partial charge is 0.188 e. The summed E-state index contributed by atoms with van der Waals surface area (Å²) in [6.45, 7) is 8.44. The van der Waals surface area contributed by atoms with Crippen molar-refractivity contribution in [3.8, 4) is 0 Å². The van der Waals surface area contributed by atoms with Crippen LogP contribution < -0.4 is 5.32 Å². The zero-order valence-corrected chi connectivity index (χ0v) is 10.7. The Balaban J connectivity index is 2.23. The lowest BCUT2D eigenvalue weighted by molar-refractivity contribution is 0.0909. The number of rotatable bonds is 3. The van der Waals surface area contributed by atoms with Crippen LogP contribution in [-0.4, -0.2) is 34.8 Å². The zero-order chi connectivity index (χ0) is 11.7. The van der Waals surface area contributed by atoms with E-state index in [2.05, 4.69) is 36.0 Å². The van der Waals surface area contributed by atoms with Crippen LogP contribution in [-0.2, 0) is 6.54 Å². The van der Waals surface area contributed by atoms with Gasteiger partial charge in [0.1, 0.15) is 0 Å². The maximum atomic E-state index is 11.9. The fourth-order valence-electron chi connectivity index (χ4n) is 1.75. The van der Waals surface area contributed by atoms with Crippen LogP contribution in [0.4, 0.5) is 5.13 Å². The monoisotopic (exact) mass is 239 g/mol. The molecule has 0 atom stereocenters. The summed E-state index contributed by atoms with van der Waals surface area (Å²) < 4.78 is 0. The first-order valence-corrected chi connectivity index (χ1v) is 6.43. The van der Waals surface area contributed by atoms with E-state index in [0.717, 1.165) is 28.8 Å². The number of anilines is 1. The molecule has 0 saturated heterocycles. The number of carbonyl (C=O) groups excluding carboxylic acids is 1. The minimum Gasteiger partial charge on any atom is -0.359 e. The van der Waals surface area contributed by atoms with Crippen molar-refractivity contribution >= 4 is 22.3 Å². The Labute approximate surface area is 99.7 Å². The number of thiazole rings is 1. The Morgan fingerprint density at radius 1 is 1.50 bits per heavy atom. The van der Waals surface area contributed by atoms with Gasteiger partial charge in [0.05, 0.1) is 17.1 Å². The molecule has 0 fully saturated rings. The molecule has 2 rings (SSSR count). The predicted octanol–water partition coefficient (Wildman–Crippen LogP) is 1.98. The van der Waals surface area contributed by atoms with Crippen LogP contribution in [0.3, 0.4) is 0 Å². The predicted molar refractivity (Wildman–Crippen MR) is 66.2 cm³/mol. The van der Waals surface area contributed by atoms with Gasteiger partial charge in [-0.25, -0.2) is 4.98 Å². The molecular formula is C11H17N3OS. The number of fused-ring (bicyclic) bond motifs is 1. The summed E-state index contributed by atoms with van der Waals surface area (Å²) in [5, 5.41) is 4.12. The van der Waals surface area contributed by atoms with Crippen LogP contribution in [0.5, 0.6) is 0 Å².